The first kappa shape index (κ1) is 15.1. The summed E-state index contributed by atoms with van der Waals surface area (Å²) >= 11 is 3.63. The molecule has 3 heteroatoms. The SMILES string of the molecule is C[C@]12CC[C@H]3[C@@H](CCC4=CC(=O)CC[C@@H]43)[C@]13C[C@@H]3C[C@@]2(O)CBr. The van der Waals surface area contributed by atoms with E-state index in [1.807, 2.05) is 6.08 Å². The van der Waals surface area contributed by atoms with Gasteiger partial charge in [-0.05, 0) is 80.1 Å². The average Bonchev–Trinajstić information content (AvgIpc) is 3.20. The average molecular weight is 379 g/mol. The van der Waals surface area contributed by atoms with Crippen LogP contribution in [0.25, 0.3) is 0 Å². The lowest BCUT2D eigenvalue weighted by Gasteiger charge is -2.58. The molecule has 4 saturated carbocycles. The van der Waals surface area contributed by atoms with Gasteiger partial charge in [-0.3, -0.25) is 4.79 Å². The lowest BCUT2D eigenvalue weighted by Crippen LogP contribution is -2.56. The van der Waals surface area contributed by atoms with Gasteiger partial charge >= 0.3 is 0 Å². The van der Waals surface area contributed by atoms with E-state index in [1.165, 1.54) is 31.3 Å². The summed E-state index contributed by atoms with van der Waals surface area (Å²) in [6.07, 6.45) is 11.0. The summed E-state index contributed by atoms with van der Waals surface area (Å²) in [6, 6.07) is 0. The lowest BCUT2D eigenvalue weighted by molar-refractivity contribution is -0.132. The van der Waals surface area contributed by atoms with Crippen molar-refractivity contribution in [1.82, 2.24) is 0 Å². The molecule has 5 aliphatic rings. The number of alkyl halides is 1. The van der Waals surface area contributed by atoms with Gasteiger partial charge in [0.2, 0.25) is 0 Å². The second-order valence-corrected chi connectivity index (χ2v) is 9.88. The van der Waals surface area contributed by atoms with Crippen LogP contribution in [0.1, 0.15) is 58.3 Å². The molecule has 126 valence electrons. The summed E-state index contributed by atoms with van der Waals surface area (Å²) in [5.41, 5.74) is 1.47. The first-order valence-corrected chi connectivity index (χ1v) is 10.6. The van der Waals surface area contributed by atoms with Crippen LogP contribution in [0.4, 0.5) is 0 Å². The van der Waals surface area contributed by atoms with Crippen molar-refractivity contribution < 1.29 is 9.90 Å². The van der Waals surface area contributed by atoms with Crippen LogP contribution in [0, 0.1) is 34.5 Å². The molecule has 1 spiro atoms. The van der Waals surface area contributed by atoms with E-state index in [0.717, 1.165) is 48.8 Å². The van der Waals surface area contributed by atoms with Crippen molar-refractivity contribution in [3.8, 4) is 0 Å². The fourth-order valence-electron chi connectivity index (χ4n) is 7.81. The van der Waals surface area contributed by atoms with Gasteiger partial charge in [0.1, 0.15) is 0 Å². The molecule has 1 N–H and O–H groups in total. The minimum absolute atomic E-state index is 0.0983. The Bertz CT molecular complexity index is 613. The van der Waals surface area contributed by atoms with E-state index in [4.69, 9.17) is 0 Å². The number of allylic oxidation sites excluding steroid dienone is 1. The van der Waals surface area contributed by atoms with Crippen molar-refractivity contribution in [1.29, 1.82) is 0 Å². The van der Waals surface area contributed by atoms with Gasteiger partial charge in [-0.25, -0.2) is 0 Å². The lowest BCUT2D eigenvalue weighted by atomic mass is 9.48. The van der Waals surface area contributed by atoms with Gasteiger partial charge < -0.3 is 5.11 Å². The number of aliphatic hydroxyl groups is 1. The molecule has 0 unspecified atom stereocenters. The molecule has 0 amide bonds. The van der Waals surface area contributed by atoms with Crippen LogP contribution >= 0.6 is 15.9 Å². The number of ketones is 1. The van der Waals surface area contributed by atoms with Gasteiger partial charge in [0.15, 0.2) is 5.78 Å². The molecule has 5 rings (SSSR count). The third kappa shape index (κ3) is 1.62. The molecular formula is C20H27BrO2. The number of carbonyl (C=O) groups is 1. The van der Waals surface area contributed by atoms with E-state index in [0.29, 0.717) is 17.1 Å². The van der Waals surface area contributed by atoms with E-state index in [-0.39, 0.29) is 5.41 Å². The first-order chi connectivity index (χ1) is 11.0. The smallest absolute Gasteiger partial charge is 0.155 e. The zero-order chi connectivity index (χ0) is 16.0. The molecule has 23 heavy (non-hydrogen) atoms. The van der Waals surface area contributed by atoms with Gasteiger partial charge in [0.05, 0.1) is 5.60 Å². The van der Waals surface area contributed by atoms with Crippen molar-refractivity contribution in [2.75, 3.05) is 5.33 Å². The van der Waals surface area contributed by atoms with Crippen molar-refractivity contribution in [2.45, 2.75) is 63.9 Å². The Morgan fingerprint density at radius 3 is 2.87 bits per heavy atom. The standard InChI is InChI=1S/C20H27BrO2/c1-18-7-6-16-15-4-3-14(22)8-12(15)2-5-17(16)20(18)10-13(20)9-19(18,23)11-21/h8,13,15-17,23H,2-7,9-11H2,1H3/t13-,15-,16+,17+,18+,19+,20+/m0/s1. The van der Waals surface area contributed by atoms with Crippen molar-refractivity contribution in [3.63, 3.8) is 0 Å². The number of rotatable bonds is 1. The normalized spacial score (nSPS) is 57.0. The zero-order valence-electron chi connectivity index (χ0n) is 14.0. The quantitative estimate of drug-likeness (QED) is 0.692. The van der Waals surface area contributed by atoms with Gasteiger partial charge in [0.25, 0.3) is 0 Å². The van der Waals surface area contributed by atoms with Gasteiger partial charge in [-0.2, -0.15) is 0 Å². The van der Waals surface area contributed by atoms with Crippen LogP contribution in [-0.4, -0.2) is 21.8 Å². The maximum Gasteiger partial charge on any atom is 0.155 e. The maximum atomic E-state index is 11.8. The van der Waals surface area contributed by atoms with E-state index >= 15 is 0 Å². The molecule has 0 radical (unpaired) electrons. The molecule has 7 atom stereocenters. The molecule has 0 aromatic rings. The fourth-order valence-corrected chi connectivity index (χ4v) is 8.65. The predicted molar refractivity (Wildman–Crippen MR) is 93.3 cm³/mol. The predicted octanol–water partition coefficient (Wildman–Crippen LogP) is 4.25. The number of halogens is 1. The van der Waals surface area contributed by atoms with Crippen molar-refractivity contribution >= 4 is 21.7 Å². The van der Waals surface area contributed by atoms with Gasteiger partial charge in [-0.15, -0.1) is 0 Å². The van der Waals surface area contributed by atoms with Gasteiger partial charge in [0, 0.05) is 17.2 Å². The second kappa shape index (κ2) is 4.52. The number of hydrogen-bond acceptors (Lipinski definition) is 2. The highest BCUT2D eigenvalue weighted by molar-refractivity contribution is 9.09. The summed E-state index contributed by atoms with van der Waals surface area (Å²) in [4.78, 5) is 11.8. The summed E-state index contributed by atoms with van der Waals surface area (Å²) in [7, 11) is 0. The molecule has 0 aromatic heterocycles. The molecule has 4 fully saturated rings. The summed E-state index contributed by atoms with van der Waals surface area (Å²) in [5, 5.41) is 12.0. The van der Waals surface area contributed by atoms with Crippen LogP contribution < -0.4 is 0 Å². The zero-order valence-corrected chi connectivity index (χ0v) is 15.6. The highest BCUT2D eigenvalue weighted by Crippen LogP contribution is 2.84. The molecule has 0 aliphatic heterocycles. The molecule has 0 saturated heterocycles. The van der Waals surface area contributed by atoms with Crippen molar-refractivity contribution in [3.05, 3.63) is 11.6 Å². The largest absolute Gasteiger partial charge is 0.388 e. The minimum atomic E-state index is -0.500. The first-order valence-electron chi connectivity index (χ1n) is 9.47. The van der Waals surface area contributed by atoms with Crippen molar-refractivity contribution in [2.24, 2.45) is 34.5 Å². The highest BCUT2D eigenvalue weighted by Gasteiger charge is 2.80. The molecule has 2 nitrogen and oxygen atoms in total. The highest BCUT2D eigenvalue weighted by atomic mass is 79.9. The summed E-state index contributed by atoms with van der Waals surface area (Å²) in [5.74, 6) is 3.34. The van der Waals surface area contributed by atoms with Crippen LogP contribution in [0.3, 0.4) is 0 Å². The molecule has 0 aromatic carbocycles. The Morgan fingerprint density at radius 1 is 1.26 bits per heavy atom. The third-order valence-corrected chi connectivity index (χ3v) is 9.88. The Morgan fingerprint density at radius 2 is 2.09 bits per heavy atom. The van der Waals surface area contributed by atoms with E-state index < -0.39 is 5.60 Å². The monoisotopic (exact) mass is 378 g/mol. The topological polar surface area (TPSA) is 37.3 Å². The van der Waals surface area contributed by atoms with Crippen LogP contribution in [-0.2, 0) is 4.79 Å². The molecule has 0 heterocycles. The van der Waals surface area contributed by atoms with Crippen LogP contribution in [0.15, 0.2) is 11.6 Å². The second-order valence-electron chi connectivity index (χ2n) is 9.32. The van der Waals surface area contributed by atoms with E-state index in [1.54, 1.807) is 0 Å². The molecule has 5 aliphatic carbocycles. The summed E-state index contributed by atoms with van der Waals surface area (Å²) < 4.78 is 0. The molecular weight excluding hydrogens is 352 g/mol. The fraction of sp³-hybridized carbons (Fsp3) is 0.850. The van der Waals surface area contributed by atoms with E-state index in [9.17, 15) is 9.90 Å². The number of carbonyl (C=O) groups excluding carboxylic acids is 1. The third-order valence-electron chi connectivity index (χ3n) is 8.95. The van der Waals surface area contributed by atoms with E-state index in [2.05, 4.69) is 22.9 Å². The molecule has 0 bridgehead atoms. The summed E-state index contributed by atoms with van der Waals surface area (Å²) in [6.45, 7) is 2.40. The Labute approximate surface area is 147 Å². The Kier molecular flexibility index (Phi) is 2.97. The van der Waals surface area contributed by atoms with Gasteiger partial charge in [-0.1, -0.05) is 28.4 Å². The Hall–Kier alpha value is -0.150. The Balaban J connectivity index is 1.53. The number of hydrogen-bond donors (Lipinski definition) is 1. The van der Waals surface area contributed by atoms with Crippen LogP contribution in [0.5, 0.6) is 0 Å². The minimum Gasteiger partial charge on any atom is -0.388 e. The maximum absolute atomic E-state index is 11.8. The van der Waals surface area contributed by atoms with Crippen LogP contribution in [0.2, 0.25) is 0 Å². The number of fused-ring (bicyclic) bond motifs is 3.